The number of hydrogen-bond donors (Lipinski definition) is 1. The van der Waals surface area contributed by atoms with Crippen LogP contribution in [0.4, 0.5) is 5.69 Å². The van der Waals surface area contributed by atoms with Gasteiger partial charge in [0.15, 0.2) is 0 Å². The lowest BCUT2D eigenvalue weighted by atomic mass is 10.0. The van der Waals surface area contributed by atoms with Gasteiger partial charge in [-0.1, -0.05) is 54.9 Å². The fourth-order valence-corrected chi connectivity index (χ4v) is 2.35. The zero-order valence-corrected chi connectivity index (χ0v) is 13.2. The normalized spacial score (nSPS) is 11.1. The van der Waals surface area contributed by atoms with Crippen molar-refractivity contribution in [3.63, 3.8) is 0 Å². The SMILES string of the molecule is CC(C)c1ccc(-c2cn(-c3ccc(Cl)c(N)c3)nn2)cc1. The van der Waals surface area contributed by atoms with Gasteiger partial charge in [0, 0.05) is 5.56 Å². The molecule has 4 nitrogen and oxygen atoms in total. The molecule has 0 amide bonds. The van der Waals surface area contributed by atoms with E-state index in [0.29, 0.717) is 16.6 Å². The van der Waals surface area contributed by atoms with Crippen LogP contribution in [0.25, 0.3) is 16.9 Å². The molecule has 3 aromatic rings. The monoisotopic (exact) mass is 312 g/mol. The third-order valence-electron chi connectivity index (χ3n) is 3.61. The highest BCUT2D eigenvalue weighted by atomic mass is 35.5. The smallest absolute Gasteiger partial charge is 0.113 e. The van der Waals surface area contributed by atoms with Crippen LogP contribution < -0.4 is 5.73 Å². The predicted molar refractivity (Wildman–Crippen MR) is 90.3 cm³/mol. The van der Waals surface area contributed by atoms with Crippen molar-refractivity contribution in [1.29, 1.82) is 0 Å². The first-order chi connectivity index (χ1) is 10.5. The first-order valence-electron chi connectivity index (χ1n) is 7.12. The van der Waals surface area contributed by atoms with Crippen molar-refractivity contribution in [3.8, 4) is 16.9 Å². The molecule has 0 aliphatic rings. The fourth-order valence-electron chi connectivity index (χ4n) is 2.23. The third-order valence-corrected chi connectivity index (χ3v) is 3.95. The molecule has 1 heterocycles. The summed E-state index contributed by atoms with van der Waals surface area (Å²) in [7, 11) is 0. The molecule has 3 rings (SSSR count). The Balaban J connectivity index is 1.91. The van der Waals surface area contributed by atoms with Gasteiger partial charge in [0.2, 0.25) is 0 Å². The van der Waals surface area contributed by atoms with E-state index in [0.717, 1.165) is 16.9 Å². The van der Waals surface area contributed by atoms with Crippen molar-refractivity contribution in [2.75, 3.05) is 5.73 Å². The van der Waals surface area contributed by atoms with Gasteiger partial charge >= 0.3 is 0 Å². The highest BCUT2D eigenvalue weighted by molar-refractivity contribution is 6.33. The van der Waals surface area contributed by atoms with Crippen LogP contribution in [0, 0.1) is 0 Å². The van der Waals surface area contributed by atoms with Crippen LogP contribution >= 0.6 is 11.6 Å². The summed E-state index contributed by atoms with van der Waals surface area (Å²) in [6.45, 7) is 4.35. The number of nitrogens with zero attached hydrogens (tertiary/aromatic N) is 3. The van der Waals surface area contributed by atoms with E-state index in [9.17, 15) is 0 Å². The molecular formula is C17H17ClN4. The van der Waals surface area contributed by atoms with Crippen molar-refractivity contribution in [2.24, 2.45) is 0 Å². The van der Waals surface area contributed by atoms with E-state index in [1.807, 2.05) is 12.3 Å². The molecule has 0 spiro atoms. The van der Waals surface area contributed by atoms with Crippen molar-refractivity contribution in [2.45, 2.75) is 19.8 Å². The van der Waals surface area contributed by atoms with Gasteiger partial charge in [-0.15, -0.1) is 5.10 Å². The summed E-state index contributed by atoms with van der Waals surface area (Å²) >= 11 is 5.94. The van der Waals surface area contributed by atoms with Crippen LogP contribution in [-0.2, 0) is 0 Å². The first kappa shape index (κ1) is 14.6. The average molecular weight is 313 g/mol. The second-order valence-electron chi connectivity index (χ2n) is 5.53. The van der Waals surface area contributed by atoms with E-state index in [1.54, 1.807) is 16.8 Å². The summed E-state index contributed by atoms with van der Waals surface area (Å²) in [5.74, 6) is 0.516. The zero-order valence-electron chi connectivity index (χ0n) is 12.5. The van der Waals surface area contributed by atoms with E-state index in [4.69, 9.17) is 17.3 Å². The second-order valence-corrected chi connectivity index (χ2v) is 5.94. The Morgan fingerprint density at radius 1 is 1.09 bits per heavy atom. The van der Waals surface area contributed by atoms with Crippen LogP contribution in [0.15, 0.2) is 48.7 Å². The molecule has 112 valence electrons. The minimum absolute atomic E-state index is 0.516. The van der Waals surface area contributed by atoms with Crippen LogP contribution in [0.3, 0.4) is 0 Å². The maximum Gasteiger partial charge on any atom is 0.113 e. The molecule has 22 heavy (non-hydrogen) atoms. The van der Waals surface area contributed by atoms with E-state index in [-0.39, 0.29) is 0 Å². The lowest BCUT2D eigenvalue weighted by molar-refractivity contribution is 0.804. The van der Waals surface area contributed by atoms with Crippen LogP contribution in [0.1, 0.15) is 25.3 Å². The minimum Gasteiger partial charge on any atom is -0.397 e. The maximum atomic E-state index is 5.94. The number of nitrogen functional groups attached to an aromatic ring is 1. The van der Waals surface area contributed by atoms with Gasteiger partial charge in [-0.05, 0) is 29.7 Å². The summed E-state index contributed by atoms with van der Waals surface area (Å²) in [4.78, 5) is 0. The molecule has 0 saturated heterocycles. The Labute approximate surface area is 134 Å². The second kappa shape index (κ2) is 5.81. The topological polar surface area (TPSA) is 56.7 Å². The molecule has 0 atom stereocenters. The Morgan fingerprint density at radius 3 is 2.45 bits per heavy atom. The highest BCUT2D eigenvalue weighted by Gasteiger charge is 2.07. The molecule has 1 aromatic heterocycles. The molecule has 0 unspecified atom stereocenters. The van der Waals surface area contributed by atoms with Crippen molar-refractivity contribution >= 4 is 17.3 Å². The number of anilines is 1. The molecule has 2 aromatic carbocycles. The Bertz CT molecular complexity index is 791. The summed E-state index contributed by atoms with van der Waals surface area (Å²) in [6, 6.07) is 13.8. The number of halogens is 1. The fraction of sp³-hybridized carbons (Fsp3) is 0.176. The van der Waals surface area contributed by atoms with E-state index >= 15 is 0 Å². The van der Waals surface area contributed by atoms with Gasteiger partial charge in [-0.2, -0.15) is 0 Å². The molecule has 0 fully saturated rings. The summed E-state index contributed by atoms with van der Waals surface area (Å²) in [5, 5.41) is 8.92. The summed E-state index contributed by atoms with van der Waals surface area (Å²) < 4.78 is 1.69. The largest absolute Gasteiger partial charge is 0.397 e. The van der Waals surface area contributed by atoms with Crippen LogP contribution in [0.5, 0.6) is 0 Å². The molecule has 0 aliphatic carbocycles. The Morgan fingerprint density at radius 2 is 1.82 bits per heavy atom. The number of hydrogen-bond acceptors (Lipinski definition) is 3. The van der Waals surface area contributed by atoms with Gasteiger partial charge in [0.1, 0.15) is 5.69 Å². The van der Waals surface area contributed by atoms with Gasteiger partial charge in [-0.25, -0.2) is 4.68 Å². The number of rotatable bonds is 3. The van der Waals surface area contributed by atoms with Crippen LogP contribution in [-0.4, -0.2) is 15.0 Å². The minimum atomic E-state index is 0.516. The average Bonchev–Trinajstić information content (AvgIpc) is 3.00. The number of aromatic nitrogens is 3. The number of nitrogens with two attached hydrogens (primary N) is 1. The van der Waals surface area contributed by atoms with E-state index < -0.39 is 0 Å². The van der Waals surface area contributed by atoms with Crippen LogP contribution in [0.2, 0.25) is 5.02 Å². The standard InChI is InChI=1S/C17H17ClN4/c1-11(2)12-3-5-13(6-4-12)17-10-22(21-20-17)14-7-8-15(18)16(19)9-14/h3-11H,19H2,1-2H3. The molecular weight excluding hydrogens is 296 g/mol. The first-order valence-corrected chi connectivity index (χ1v) is 7.50. The van der Waals surface area contributed by atoms with Gasteiger partial charge < -0.3 is 5.73 Å². The van der Waals surface area contributed by atoms with Crippen molar-refractivity contribution < 1.29 is 0 Å². The molecule has 0 aliphatic heterocycles. The van der Waals surface area contributed by atoms with Gasteiger partial charge in [0.25, 0.3) is 0 Å². The summed E-state index contributed by atoms with van der Waals surface area (Å²) in [6.07, 6.45) is 1.88. The predicted octanol–water partition coefficient (Wildman–Crippen LogP) is 4.29. The molecule has 2 N–H and O–H groups in total. The molecule has 0 radical (unpaired) electrons. The van der Waals surface area contributed by atoms with Gasteiger partial charge in [-0.3, -0.25) is 0 Å². The van der Waals surface area contributed by atoms with E-state index in [1.165, 1.54) is 5.56 Å². The number of benzene rings is 2. The lowest BCUT2D eigenvalue weighted by Crippen LogP contribution is -1.96. The van der Waals surface area contributed by atoms with Crippen molar-refractivity contribution in [3.05, 3.63) is 59.2 Å². The zero-order chi connectivity index (χ0) is 15.7. The van der Waals surface area contributed by atoms with Gasteiger partial charge in [0.05, 0.1) is 22.6 Å². The van der Waals surface area contributed by atoms with Crippen molar-refractivity contribution in [1.82, 2.24) is 15.0 Å². The summed E-state index contributed by atoms with van der Waals surface area (Å²) in [5.41, 5.74) is 10.4. The lowest BCUT2D eigenvalue weighted by Gasteiger charge is -2.05. The Kier molecular flexibility index (Phi) is 3.86. The molecule has 0 saturated carbocycles. The van der Waals surface area contributed by atoms with E-state index in [2.05, 4.69) is 48.4 Å². The quantitative estimate of drug-likeness (QED) is 0.734. The maximum absolute atomic E-state index is 5.94. The highest BCUT2D eigenvalue weighted by Crippen LogP contribution is 2.24. The molecule has 5 heteroatoms. The molecule has 0 bridgehead atoms. The third kappa shape index (κ3) is 2.83. The Hall–Kier alpha value is -2.33.